The molecule has 0 radical (unpaired) electrons. The third-order valence-electron chi connectivity index (χ3n) is 1.43. The summed E-state index contributed by atoms with van der Waals surface area (Å²) in [6.07, 6.45) is -0.00116. The van der Waals surface area contributed by atoms with E-state index in [4.69, 9.17) is 4.74 Å². The first-order valence-electron chi connectivity index (χ1n) is 3.81. The van der Waals surface area contributed by atoms with E-state index in [-0.39, 0.29) is 23.5 Å². The van der Waals surface area contributed by atoms with Gasteiger partial charge in [0.15, 0.2) is 9.84 Å². The van der Waals surface area contributed by atoms with E-state index in [1.807, 2.05) is 13.8 Å². The van der Waals surface area contributed by atoms with Gasteiger partial charge in [0.05, 0.1) is 24.2 Å². The van der Waals surface area contributed by atoms with Gasteiger partial charge in [-0.15, -0.1) is 0 Å². The molecule has 1 atom stereocenters. The molecule has 0 spiro atoms. The first-order chi connectivity index (χ1) is 4.99. The first kappa shape index (κ1) is 9.00. The molecule has 1 heterocycles. The van der Waals surface area contributed by atoms with E-state index >= 15 is 0 Å². The molecule has 1 aliphatic heterocycles. The number of hydrogen-bond donors (Lipinski definition) is 0. The number of rotatable bonds is 4. The molecule has 66 valence electrons. The Kier molecular flexibility index (Phi) is 2.54. The van der Waals surface area contributed by atoms with Crippen LogP contribution in [0.15, 0.2) is 0 Å². The van der Waals surface area contributed by atoms with E-state index in [2.05, 4.69) is 0 Å². The number of epoxide rings is 1. The van der Waals surface area contributed by atoms with Crippen molar-refractivity contribution in [3.63, 3.8) is 0 Å². The lowest BCUT2D eigenvalue weighted by molar-refractivity contribution is 0.422. The maximum atomic E-state index is 11.2. The van der Waals surface area contributed by atoms with Crippen LogP contribution in [0.3, 0.4) is 0 Å². The lowest BCUT2D eigenvalue weighted by atomic mass is 10.3. The molecule has 1 rings (SSSR count). The summed E-state index contributed by atoms with van der Waals surface area (Å²) in [5, 5.41) is 0. The summed E-state index contributed by atoms with van der Waals surface area (Å²) in [7, 11) is -2.84. The third-order valence-corrected chi connectivity index (χ3v) is 3.48. The Morgan fingerprint density at radius 3 is 2.45 bits per heavy atom. The second-order valence-electron chi connectivity index (χ2n) is 3.43. The summed E-state index contributed by atoms with van der Waals surface area (Å²) < 4.78 is 27.3. The van der Waals surface area contributed by atoms with Gasteiger partial charge in [0.2, 0.25) is 0 Å². The average Bonchev–Trinajstić information content (AvgIpc) is 2.43. The quantitative estimate of drug-likeness (QED) is 0.587. The predicted molar refractivity (Wildman–Crippen MR) is 43.2 cm³/mol. The molecule has 0 bridgehead atoms. The average molecular weight is 178 g/mol. The van der Waals surface area contributed by atoms with E-state index in [0.717, 1.165) is 0 Å². The van der Waals surface area contributed by atoms with Gasteiger partial charge in [0, 0.05) is 0 Å². The molecule has 0 N–H and O–H groups in total. The number of ether oxygens (including phenoxy) is 1. The SMILES string of the molecule is CC(C)CS(=O)(=O)C[C@@H]1CO1. The standard InChI is InChI=1S/C7H14O3S/c1-6(2)4-11(8,9)5-7-3-10-7/h6-7H,3-5H2,1-2H3/t7-/m0/s1. The van der Waals surface area contributed by atoms with Gasteiger partial charge in [-0.1, -0.05) is 13.8 Å². The molecule has 0 amide bonds. The molecule has 0 aromatic rings. The monoisotopic (exact) mass is 178 g/mol. The molecule has 11 heavy (non-hydrogen) atoms. The molecule has 0 unspecified atom stereocenters. The van der Waals surface area contributed by atoms with Gasteiger partial charge in [-0.05, 0) is 5.92 Å². The minimum absolute atomic E-state index is 0.00116. The zero-order valence-corrected chi connectivity index (χ0v) is 7.73. The molecule has 1 fully saturated rings. The fourth-order valence-corrected chi connectivity index (χ4v) is 2.93. The third kappa shape index (κ3) is 3.72. The van der Waals surface area contributed by atoms with Crippen molar-refractivity contribution in [2.75, 3.05) is 18.1 Å². The fraction of sp³-hybridized carbons (Fsp3) is 1.00. The van der Waals surface area contributed by atoms with Crippen LogP contribution in [0.25, 0.3) is 0 Å². The Morgan fingerprint density at radius 2 is 2.09 bits per heavy atom. The van der Waals surface area contributed by atoms with Gasteiger partial charge in [-0.25, -0.2) is 8.42 Å². The Hall–Kier alpha value is -0.0900. The maximum absolute atomic E-state index is 11.2. The van der Waals surface area contributed by atoms with Crippen molar-refractivity contribution < 1.29 is 13.2 Å². The zero-order valence-electron chi connectivity index (χ0n) is 6.91. The topological polar surface area (TPSA) is 46.7 Å². The normalized spacial score (nSPS) is 24.1. The molecule has 0 aromatic carbocycles. The molecule has 4 heteroatoms. The summed E-state index contributed by atoms with van der Waals surface area (Å²) in [5.74, 6) is 0.719. The summed E-state index contributed by atoms with van der Waals surface area (Å²) in [6.45, 7) is 4.44. The highest BCUT2D eigenvalue weighted by molar-refractivity contribution is 7.91. The fourth-order valence-electron chi connectivity index (χ4n) is 1.02. The van der Waals surface area contributed by atoms with E-state index in [9.17, 15) is 8.42 Å². The van der Waals surface area contributed by atoms with Crippen LogP contribution in [0.5, 0.6) is 0 Å². The van der Waals surface area contributed by atoms with Crippen molar-refractivity contribution in [3.05, 3.63) is 0 Å². The van der Waals surface area contributed by atoms with E-state index in [0.29, 0.717) is 6.61 Å². The highest BCUT2D eigenvalue weighted by Gasteiger charge is 2.29. The van der Waals surface area contributed by atoms with Gasteiger partial charge in [-0.3, -0.25) is 0 Å². The Morgan fingerprint density at radius 1 is 1.55 bits per heavy atom. The van der Waals surface area contributed by atoms with Gasteiger partial charge in [0.1, 0.15) is 0 Å². The van der Waals surface area contributed by atoms with Crippen molar-refractivity contribution >= 4 is 9.84 Å². The minimum Gasteiger partial charge on any atom is -0.372 e. The molecule has 1 saturated heterocycles. The van der Waals surface area contributed by atoms with E-state index < -0.39 is 9.84 Å². The van der Waals surface area contributed by atoms with Crippen molar-refractivity contribution in [1.29, 1.82) is 0 Å². The highest BCUT2D eigenvalue weighted by Crippen LogP contribution is 2.13. The van der Waals surface area contributed by atoms with Crippen LogP contribution in [-0.4, -0.2) is 32.6 Å². The Labute approximate surface area is 67.7 Å². The molecule has 0 saturated carbocycles. The first-order valence-corrected chi connectivity index (χ1v) is 5.64. The van der Waals surface area contributed by atoms with Crippen molar-refractivity contribution in [1.82, 2.24) is 0 Å². The summed E-state index contributed by atoms with van der Waals surface area (Å²) in [6, 6.07) is 0. The Balaban J connectivity index is 2.38. The van der Waals surface area contributed by atoms with Crippen molar-refractivity contribution in [2.24, 2.45) is 5.92 Å². The Bertz CT molecular complexity index is 204. The van der Waals surface area contributed by atoms with Gasteiger partial charge in [0.25, 0.3) is 0 Å². The van der Waals surface area contributed by atoms with Gasteiger partial charge < -0.3 is 4.74 Å². The maximum Gasteiger partial charge on any atom is 0.153 e. The predicted octanol–water partition coefficient (Wildman–Crippen LogP) is 0.456. The smallest absolute Gasteiger partial charge is 0.153 e. The van der Waals surface area contributed by atoms with E-state index in [1.165, 1.54) is 0 Å². The van der Waals surface area contributed by atoms with Crippen LogP contribution in [-0.2, 0) is 14.6 Å². The second-order valence-corrected chi connectivity index (χ2v) is 5.58. The van der Waals surface area contributed by atoms with Crippen molar-refractivity contribution in [2.45, 2.75) is 20.0 Å². The largest absolute Gasteiger partial charge is 0.372 e. The minimum atomic E-state index is -2.84. The van der Waals surface area contributed by atoms with Crippen LogP contribution >= 0.6 is 0 Å². The lowest BCUT2D eigenvalue weighted by Gasteiger charge is -2.03. The molecular weight excluding hydrogens is 164 g/mol. The molecular formula is C7H14O3S. The van der Waals surface area contributed by atoms with Crippen molar-refractivity contribution in [3.8, 4) is 0 Å². The lowest BCUT2D eigenvalue weighted by Crippen LogP contribution is -2.18. The summed E-state index contributed by atoms with van der Waals surface area (Å²) >= 11 is 0. The molecule has 0 aromatic heterocycles. The summed E-state index contributed by atoms with van der Waals surface area (Å²) in [5.41, 5.74) is 0. The molecule has 3 nitrogen and oxygen atoms in total. The molecule has 0 aliphatic carbocycles. The van der Waals surface area contributed by atoms with Crippen LogP contribution < -0.4 is 0 Å². The summed E-state index contributed by atoms with van der Waals surface area (Å²) in [4.78, 5) is 0. The van der Waals surface area contributed by atoms with Crippen LogP contribution in [0.1, 0.15) is 13.8 Å². The van der Waals surface area contributed by atoms with Crippen LogP contribution in [0.2, 0.25) is 0 Å². The number of hydrogen-bond acceptors (Lipinski definition) is 3. The van der Waals surface area contributed by atoms with Gasteiger partial charge in [-0.2, -0.15) is 0 Å². The molecule has 1 aliphatic rings. The highest BCUT2D eigenvalue weighted by atomic mass is 32.2. The zero-order chi connectivity index (χ0) is 8.48. The second kappa shape index (κ2) is 3.11. The van der Waals surface area contributed by atoms with Gasteiger partial charge >= 0.3 is 0 Å². The van der Waals surface area contributed by atoms with E-state index in [1.54, 1.807) is 0 Å². The number of sulfone groups is 1. The van der Waals surface area contributed by atoms with Crippen LogP contribution in [0, 0.1) is 5.92 Å². The van der Waals surface area contributed by atoms with Crippen LogP contribution in [0.4, 0.5) is 0 Å².